The summed E-state index contributed by atoms with van der Waals surface area (Å²) in [4.78, 5) is 22.5. The zero-order valence-corrected chi connectivity index (χ0v) is 18.4. The van der Waals surface area contributed by atoms with E-state index in [-0.39, 0.29) is 17.8 Å². The van der Waals surface area contributed by atoms with Crippen LogP contribution in [0.25, 0.3) is 44.6 Å². The molecule has 6 rings (SSSR count). The molecule has 1 N–H and O–H groups in total. The standard InChI is InChI=1S/C23H23N7O3/c1-3-16-6-15(4-5-32-16)30-21-17-7-18(13-8-25-26-9-13)24-11-19(17)33-22(21)20(28-23(30)31)14-10-27-29(2)12-14/h7-12,15-16H,3-6H2,1-2H3,(H,25,26)/t15-,16-/m0/s1. The quantitative estimate of drug-likeness (QED) is 0.450. The van der Waals surface area contributed by atoms with Crippen LogP contribution in [0, 0.1) is 0 Å². The second kappa shape index (κ2) is 7.66. The maximum absolute atomic E-state index is 13.5. The lowest BCUT2D eigenvalue weighted by atomic mass is 10.0. The number of furan rings is 1. The third-order valence-electron chi connectivity index (χ3n) is 6.35. The van der Waals surface area contributed by atoms with E-state index in [2.05, 4.69) is 32.2 Å². The van der Waals surface area contributed by atoms with Crippen molar-refractivity contribution in [2.45, 2.75) is 38.3 Å². The fraction of sp³-hybridized carbons (Fsp3) is 0.348. The molecule has 1 aliphatic rings. The Bertz CT molecular complexity index is 1510. The van der Waals surface area contributed by atoms with Gasteiger partial charge in [-0.3, -0.25) is 19.3 Å². The van der Waals surface area contributed by atoms with Crippen molar-refractivity contribution >= 4 is 22.1 Å². The molecule has 6 heterocycles. The molecule has 0 saturated carbocycles. The second-order valence-corrected chi connectivity index (χ2v) is 8.43. The maximum atomic E-state index is 13.5. The largest absolute Gasteiger partial charge is 0.450 e. The maximum Gasteiger partial charge on any atom is 0.349 e. The van der Waals surface area contributed by atoms with Gasteiger partial charge < -0.3 is 9.15 Å². The van der Waals surface area contributed by atoms with E-state index in [1.165, 1.54) is 0 Å². The van der Waals surface area contributed by atoms with Gasteiger partial charge in [0, 0.05) is 48.6 Å². The lowest BCUT2D eigenvalue weighted by molar-refractivity contribution is -0.00709. The Morgan fingerprint density at radius 2 is 2.15 bits per heavy atom. The van der Waals surface area contributed by atoms with Crippen molar-refractivity contribution in [3.8, 4) is 22.5 Å². The predicted molar refractivity (Wildman–Crippen MR) is 122 cm³/mol. The van der Waals surface area contributed by atoms with Crippen molar-refractivity contribution < 1.29 is 9.15 Å². The van der Waals surface area contributed by atoms with E-state index in [4.69, 9.17) is 9.15 Å². The van der Waals surface area contributed by atoms with Crippen LogP contribution in [-0.4, -0.2) is 47.2 Å². The highest BCUT2D eigenvalue weighted by molar-refractivity contribution is 6.07. The summed E-state index contributed by atoms with van der Waals surface area (Å²) in [5.74, 6) is 0. The van der Waals surface area contributed by atoms with Crippen molar-refractivity contribution in [2.75, 3.05) is 6.61 Å². The van der Waals surface area contributed by atoms with E-state index >= 15 is 0 Å². The summed E-state index contributed by atoms with van der Waals surface area (Å²) < 4.78 is 15.6. The highest BCUT2D eigenvalue weighted by Gasteiger charge is 2.29. The molecule has 33 heavy (non-hydrogen) atoms. The second-order valence-electron chi connectivity index (χ2n) is 8.43. The lowest BCUT2D eigenvalue weighted by Gasteiger charge is -2.30. The first kappa shape index (κ1) is 19.9. The summed E-state index contributed by atoms with van der Waals surface area (Å²) in [5.41, 5.74) is 4.41. The molecular weight excluding hydrogens is 422 g/mol. The number of hydrogen-bond acceptors (Lipinski definition) is 7. The van der Waals surface area contributed by atoms with Crippen LogP contribution >= 0.6 is 0 Å². The van der Waals surface area contributed by atoms with Gasteiger partial charge in [0.15, 0.2) is 11.2 Å². The molecule has 0 amide bonds. The molecular formula is C23H23N7O3. The topological polar surface area (TPSA) is 117 Å². The Morgan fingerprint density at radius 1 is 1.24 bits per heavy atom. The van der Waals surface area contributed by atoms with Crippen molar-refractivity contribution in [2.24, 2.45) is 7.05 Å². The highest BCUT2D eigenvalue weighted by Crippen LogP contribution is 2.37. The SMILES string of the molecule is CC[C@H]1C[C@@H](n2c(=O)nc(-c3cnn(C)c3)c3oc4cnc(-c5cn[nH]c5)cc4c32)CCO1. The number of ether oxygens (including phenoxy) is 1. The fourth-order valence-electron chi connectivity index (χ4n) is 4.69. The number of rotatable bonds is 4. The molecule has 1 aliphatic heterocycles. The first-order valence-electron chi connectivity index (χ1n) is 11.1. The third kappa shape index (κ3) is 3.25. The van der Waals surface area contributed by atoms with Gasteiger partial charge >= 0.3 is 5.69 Å². The summed E-state index contributed by atoms with van der Waals surface area (Å²) >= 11 is 0. The van der Waals surface area contributed by atoms with Crippen LogP contribution in [-0.2, 0) is 11.8 Å². The highest BCUT2D eigenvalue weighted by atomic mass is 16.5. The Kier molecular flexibility index (Phi) is 4.61. The monoisotopic (exact) mass is 445 g/mol. The number of nitrogens with zero attached hydrogens (tertiary/aromatic N) is 6. The summed E-state index contributed by atoms with van der Waals surface area (Å²) in [7, 11) is 1.83. The minimum absolute atomic E-state index is 0.0273. The van der Waals surface area contributed by atoms with Crippen LogP contribution in [0.1, 0.15) is 32.2 Å². The van der Waals surface area contributed by atoms with Crippen LogP contribution in [0.15, 0.2) is 46.3 Å². The molecule has 10 nitrogen and oxygen atoms in total. The summed E-state index contributed by atoms with van der Waals surface area (Å²) in [5, 5.41) is 11.9. The zero-order valence-electron chi connectivity index (χ0n) is 18.4. The van der Waals surface area contributed by atoms with E-state index in [1.54, 1.807) is 34.0 Å². The normalized spacial score (nSPS) is 19.0. The fourth-order valence-corrected chi connectivity index (χ4v) is 4.69. The number of aromatic amines is 1. The van der Waals surface area contributed by atoms with Gasteiger partial charge in [0.05, 0.1) is 30.4 Å². The summed E-state index contributed by atoms with van der Waals surface area (Å²) in [6, 6.07) is 1.92. The first-order valence-corrected chi connectivity index (χ1v) is 11.1. The minimum Gasteiger partial charge on any atom is -0.450 e. The van der Waals surface area contributed by atoms with Gasteiger partial charge in [0.2, 0.25) is 0 Å². The molecule has 5 aromatic heterocycles. The van der Waals surface area contributed by atoms with E-state index in [9.17, 15) is 4.79 Å². The van der Waals surface area contributed by atoms with Gasteiger partial charge in [0.1, 0.15) is 11.2 Å². The third-order valence-corrected chi connectivity index (χ3v) is 6.35. The first-order chi connectivity index (χ1) is 16.1. The van der Waals surface area contributed by atoms with Crippen molar-refractivity contribution in [3.63, 3.8) is 0 Å². The smallest absolute Gasteiger partial charge is 0.349 e. The van der Waals surface area contributed by atoms with Crippen LogP contribution in [0.4, 0.5) is 0 Å². The molecule has 10 heteroatoms. The minimum atomic E-state index is -0.299. The molecule has 168 valence electrons. The lowest BCUT2D eigenvalue weighted by Crippen LogP contribution is -2.34. The molecule has 0 radical (unpaired) electrons. The molecule has 2 atom stereocenters. The Morgan fingerprint density at radius 3 is 2.91 bits per heavy atom. The Hall–Kier alpha value is -3.79. The molecule has 5 aromatic rings. The predicted octanol–water partition coefficient (Wildman–Crippen LogP) is 3.46. The van der Waals surface area contributed by atoms with E-state index in [0.29, 0.717) is 23.5 Å². The molecule has 1 saturated heterocycles. The number of aryl methyl sites for hydroxylation is 1. The van der Waals surface area contributed by atoms with Crippen molar-refractivity contribution in [3.05, 3.63) is 47.5 Å². The molecule has 0 bridgehead atoms. The van der Waals surface area contributed by atoms with Gasteiger partial charge in [0.25, 0.3) is 0 Å². The average molecular weight is 445 g/mol. The molecule has 0 aliphatic carbocycles. The Labute approximate surface area is 188 Å². The van der Waals surface area contributed by atoms with E-state index in [1.807, 2.05) is 19.3 Å². The van der Waals surface area contributed by atoms with Gasteiger partial charge in [-0.05, 0) is 25.3 Å². The number of hydrogen-bond donors (Lipinski definition) is 1. The summed E-state index contributed by atoms with van der Waals surface area (Å²) in [6.45, 7) is 2.71. The van der Waals surface area contributed by atoms with Crippen LogP contribution in [0.2, 0.25) is 0 Å². The Balaban J connectivity index is 1.66. The van der Waals surface area contributed by atoms with Crippen LogP contribution < -0.4 is 5.69 Å². The van der Waals surface area contributed by atoms with Gasteiger partial charge in [-0.1, -0.05) is 6.92 Å². The summed E-state index contributed by atoms with van der Waals surface area (Å²) in [6.07, 6.45) is 11.2. The average Bonchev–Trinajstić information content (AvgIpc) is 3.58. The molecule has 0 aromatic carbocycles. The zero-order chi connectivity index (χ0) is 22.5. The van der Waals surface area contributed by atoms with Crippen molar-refractivity contribution in [1.82, 2.24) is 34.5 Å². The number of aromatic nitrogens is 7. The number of fused-ring (bicyclic) bond motifs is 3. The van der Waals surface area contributed by atoms with Gasteiger partial charge in [-0.2, -0.15) is 15.2 Å². The molecule has 0 spiro atoms. The van der Waals surface area contributed by atoms with E-state index in [0.717, 1.165) is 47.0 Å². The molecule has 1 fully saturated rings. The van der Waals surface area contributed by atoms with Crippen LogP contribution in [0.5, 0.6) is 0 Å². The number of H-pyrrole nitrogens is 1. The van der Waals surface area contributed by atoms with Gasteiger partial charge in [-0.15, -0.1) is 0 Å². The van der Waals surface area contributed by atoms with E-state index < -0.39 is 0 Å². The molecule has 0 unspecified atom stereocenters. The van der Waals surface area contributed by atoms with Crippen LogP contribution in [0.3, 0.4) is 0 Å². The van der Waals surface area contributed by atoms with Gasteiger partial charge in [-0.25, -0.2) is 4.79 Å². The van der Waals surface area contributed by atoms with Crippen molar-refractivity contribution in [1.29, 1.82) is 0 Å². The number of nitrogens with one attached hydrogen (secondary N) is 1. The number of pyridine rings is 1.